The molecule has 1 saturated heterocycles. The van der Waals surface area contributed by atoms with Crippen molar-refractivity contribution in [1.82, 2.24) is 5.32 Å². The lowest BCUT2D eigenvalue weighted by Gasteiger charge is -2.35. The molecule has 2 rings (SSSR count). The van der Waals surface area contributed by atoms with Crippen molar-refractivity contribution in [1.29, 1.82) is 0 Å². The summed E-state index contributed by atoms with van der Waals surface area (Å²) in [6.07, 6.45) is 5.82. The molecule has 2 fully saturated rings. The van der Waals surface area contributed by atoms with Crippen molar-refractivity contribution in [2.75, 3.05) is 13.2 Å². The molecule has 0 atom stereocenters. The van der Waals surface area contributed by atoms with Crippen LogP contribution in [0.15, 0.2) is 0 Å². The third kappa shape index (κ3) is 2.83. The highest BCUT2D eigenvalue weighted by atomic mass is 16.5. The second-order valence-corrected chi connectivity index (χ2v) is 5.32. The van der Waals surface area contributed by atoms with E-state index >= 15 is 0 Å². The number of carbonyl (C=O) groups excluding carboxylic acids is 1. The van der Waals surface area contributed by atoms with Gasteiger partial charge in [0.15, 0.2) is 0 Å². The van der Waals surface area contributed by atoms with Crippen molar-refractivity contribution in [2.45, 2.75) is 50.5 Å². The Balaban J connectivity index is 1.99. The van der Waals surface area contributed by atoms with E-state index in [0.717, 1.165) is 25.7 Å². The highest BCUT2D eigenvalue weighted by Crippen LogP contribution is 2.27. The summed E-state index contributed by atoms with van der Waals surface area (Å²) in [6.45, 7) is 0.800. The van der Waals surface area contributed by atoms with Crippen molar-refractivity contribution >= 4 is 11.9 Å². The van der Waals surface area contributed by atoms with Crippen molar-refractivity contribution in [3.63, 3.8) is 0 Å². The Morgan fingerprint density at radius 1 is 1.11 bits per heavy atom. The Labute approximate surface area is 107 Å². The van der Waals surface area contributed by atoms with Gasteiger partial charge in [-0.1, -0.05) is 19.3 Å². The van der Waals surface area contributed by atoms with Gasteiger partial charge in [-0.25, -0.2) is 4.79 Å². The Bertz CT molecular complexity index is 317. The van der Waals surface area contributed by atoms with Gasteiger partial charge in [0.05, 0.1) is 0 Å². The third-order valence-corrected chi connectivity index (χ3v) is 4.09. The maximum atomic E-state index is 12.2. The quantitative estimate of drug-likeness (QED) is 0.797. The van der Waals surface area contributed by atoms with Crippen molar-refractivity contribution in [3.05, 3.63) is 0 Å². The van der Waals surface area contributed by atoms with Gasteiger partial charge in [-0.3, -0.25) is 4.79 Å². The predicted molar refractivity (Wildman–Crippen MR) is 65.1 cm³/mol. The van der Waals surface area contributed by atoms with E-state index in [1.54, 1.807) is 0 Å². The monoisotopic (exact) mass is 255 g/mol. The zero-order valence-electron chi connectivity index (χ0n) is 10.6. The minimum absolute atomic E-state index is 0.00202. The molecular weight excluding hydrogens is 234 g/mol. The first-order chi connectivity index (χ1) is 8.64. The smallest absolute Gasteiger partial charge is 0.329 e. The van der Waals surface area contributed by atoms with Gasteiger partial charge >= 0.3 is 5.97 Å². The van der Waals surface area contributed by atoms with Crippen LogP contribution in [-0.4, -0.2) is 35.7 Å². The van der Waals surface area contributed by atoms with Crippen LogP contribution in [0.25, 0.3) is 0 Å². The number of hydrogen-bond acceptors (Lipinski definition) is 3. The standard InChI is InChI=1S/C13H21NO4/c15-11(10-4-2-1-3-5-10)14-13(12(16)17)6-8-18-9-7-13/h10H,1-9H2,(H,14,15)(H,16,17). The number of nitrogens with one attached hydrogen (secondary N) is 1. The van der Waals surface area contributed by atoms with Gasteiger partial charge in [-0.05, 0) is 12.8 Å². The number of carbonyl (C=O) groups is 2. The number of hydrogen-bond donors (Lipinski definition) is 2. The largest absolute Gasteiger partial charge is 0.480 e. The van der Waals surface area contributed by atoms with E-state index in [0.29, 0.717) is 26.1 Å². The van der Waals surface area contributed by atoms with E-state index in [9.17, 15) is 14.7 Å². The van der Waals surface area contributed by atoms with Gasteiger partial charge in [-0.15, -0.1) is 0 Å². The lowest BCUT2D eigenvalue weighted by atomic mass is 9.85. The molecule has 0 radical (unpaired) electrons. The molecule has 1 aliphatic carbocycles. The summed E-state index contributed by atoms with van der Waals surface area (Å²) in [5.74, 6) is -1.02. The van der Waals surface area contributed by atoms with Gasteiger partial charge < -0.3 is 15.2 Å². The van der Waals surface area contributed by atoms with E-state index in [-0.39, 0.29) is 11.8 Å². The molecule has 0 spiro atoms. The van der Waals surface area contributed by atoms with Crippen LogP contribution in [0.5, 0.6) is 0 Å². The minimum Gasteiger partial charge on any atom is -0.480 e. The van der Waals surface area contributed by atoms with Crippen LogP contribution in [0.4, 0.5) is 0 Å². The Kier molecular flexibility index (Phi) is 4.22. The summed E-state index contributed by atoms with van der Waals surface area (Å²) >= 11 is 0. The topological polar surface area (TPSA) is 75.6 Å². The maximum Gasteiger partial charge on any atom is 0.329 e. The normalized spacial score (nSPS) is 24.4. The van der Waals surface area contributed by atoms with Crippen LogP contribution < -0.4 is 5.32 Å². The number of carboxylic acids is 1. The summed E-state index contributed by atoms with van der Waals surface area (Å²) in [5.41, 5.74) is -1.10. The fourth-order valence-corrected chi connectivity index (χ4v) is 2.81. The van der Waals surface area contributed by atoms with Crippen LogP contribution in [0.3, 0.4) is 0 Å². The second-order valence-electron chi connectivity index (χ2n) is 5.32. The summed E-state index contributed by atoms with van der Waals surface area (Å²) in [6, 6.07) is 0. The molecule has 2 aliphatic rings. The number of ether oxygens (including phenoxy) is 1. The van der Waals surface area contributed by atoms with Crippen LogP contribution in [0, 0.1) is 5.92 Å². The van der Waals surface area contributed by atoms with Gasteiger partial charge in [0.2, 0.25) is 5.91 Å². The molecule has 1 heterocycles. The van der Waals surface area contributed by atoms with Crippen LogP contribution >= 0.6 is 0 Å². The van der Waals surface area contributed by atoms with E-state index < -0.39 is 11.5 Å². The summed E-state index contributed by atoms with van der Waals surface area (Å²) in [4.78, 5) is 23.6. The molecule has 5 nitrogen and oxygen atoms in total. The van der Waals surface area contributed by atoms with Crippen molar-refractivity contribution in [2.24, 2.45) is 5.92 Å². The van der Waals surface area contributed by atoms with Gasteiger partial charge in [-0.2, -0.15) is 0 Å². The number of carboxylic acid groups (broad SMARTS) is 1. The van der Waals surface area contributed by atoms with E-state index in [1.165, 1.54) is 6.42 Å². The lowest BCUT2D eigenvalue weighted by Crippen LogP contribution is -2.58. The first-order valence-corrected chi connectivity index (χ1v) is 6.77. The molecule has 1 aliphatic heterocycles. The molecule has 2 N–H and O–H groups in total. The first-order valence-electron chi connectivity index (χ1n) is 6.77. The molecule has 0 unspecified atom stereocenters. The predicted octanol–water partition coefficient (Wildman–Crippen LogP) is 1.32. The Hall–Kier alpha value is -1.10. The van der Waals surface area contributed by atoms with Gasteiger partial charge in [0.1, 0.15) is 5.54 Å². The maximum absolute atomic E-state index is 12.2. The first kappa shape index (κ1) is 13.3. The zero-order chi connectivity index (χ0) is 13.0. The summed E-state index contributed by atoms with van der Waals surface area (Å²) < 4.78 is 5.19. The number of rotatable bonds is 3. The number of aliphatic carboxylic acids is 1. The third-order valence-electron chi connectivity index (χ3n) is 4.09. The molecule has 1 amide bonds. The second kappa shape index (κ2) is 5.69. The van der Waals surface area contributed by atoms with Gasteiger partial charge in [0.25, 0.3) is 0 Å². The Morgan fingerprint density at radius 3 is 2.28 bits per heavy atom. The van der Waals surface area contributed by atoms with E-state index in [4.69, 9.17) is 4.74 Å². The van der Waals surface area contributed by atoms with Gasteiger partial charge in [0, 0.05) is 32.0 Å². The fourth-order valence-electron chi connectivity index (χ4n) is 2.81. The van der Waals surface area contributed by atoms with E-state index in [2.05, 4.69) is 5.32 Å². The molecule has 1 saturated carbocycles. The molecular formula is C13H21NO4. The fraction of sp³-hybridized carbons (Fsp3) is 0.846. The number of amides is 1. The Morgan fingerprint density at radius 2 is 1.72 bits per heavy atom. The highest BCUT2D eigenvalue weighted by molar-refractivity contribution is 5.88. The lowest BCUT2D eigenvalue weighted by molar-refractivity contribution is -0.153. The zero-order valence-corrected chi connectivity index (χ0v) is 10.6. The summed E-state index contributed by atoms with van der Waals surface area (Å²) in [7, 11) is 0. The van der Waals surface area contributed by atoms with Crippen molar-refractivity contribution < 1.29 is 19.4 Å². The highest BCUT2D eigenvalue weighted by Gasteiger charge is 2.42. The molecule has 5 heteroatoms. The molecule has 102 valence electrons. The summed E-state index contributed by atoms with van der Waals surface area (Å²) in [5, 5.41) is 12.1. The molecule has 18 heavy (non-hydrogen) atoms. The van der Waals surface area contributed by atoms with Crippen LogP contribution in [0.2, 0.25) is 0 Å². The van der Waals surface area contributed by atoms with Crippen LogP contribution in [-0.2, 0) is 14.3 Å². The average molecular weight is 255 g/mol. The molecule has 0 bridgehead atoms. The molecule has 0 aromatic carbocycles. The van der Waals surface area contributed by atoms with Crippen LogP contribution in [0.1, 0.15) is 44.9 Å². The van der Waals surface area contributed by atoms with E-state index in [1.807, 2.05) is 0 Å². The minimum atomic E-state index is -1.10. The SMILES string of the molecule is O=C(NC1(C(=O)O)CCOCC1)C1CCCCC1. The molecule has 0 aromatic heterocycles. The van der Waals surface area contributed by atoms with Crippen molar-refractivity contribution in [3.8, 4) is 0 Å². The molecule has 0 aromatic rings. The average Bonchev–Trinajstić information content (AvgIpc) is 2.40.